The van der Waals surface area contributed by atoms with Gasteiger partial charge >= 0.3 is 0 Å². The van der Waals surface area contributed by atoms with E-state index < -0.39 is 0 Å². The Balaban J connectivity index is 1.95. The maximum Gasteiger partial charge on any atom is 0.248 e. The second-order valence-corrected chi connectivity index (χ2v) is 4.63. The third-order valence-corrected chi connectivity index (χ3v) is 3.49. The third kappa shape index (κ3) is 2.20. The van der Waals surface area contributed by atoms with Crippen molar-refractivity contribution in [1.82, 2.24) is 9.80 Å². The van der Waals surface area contributed by atoms with E-state index >= 15 is 0 Å². The molecule has 2 fully saturated rings. The van der Waals surface area contributed by atoms with Gasteiger partial charge in [-0.2, -0.15) is 0 Å². The van der Waals surface area contributed by atoms with Gasteiger partial charge < -0.3 is 14.5 Å². The molecule has 2 heterocycles. The van der Waals surface area contributed by atoms with Crippen molar-refractivity contribution in [3.8, 4) is 0 Å². The molecular weight excluding hydrogens is 220 g/mol. The molecule has 2 atom stereocenters. The van der Waals surface area contributed by atoms with Crippen LogP contribution in [-0.2, 0) is 14.3 Å². The molecule has 17 heavy (non-hydrogen) atoms. The summed E-state index contributed by atoms with van der Waals surface area (Å²) in [6, 6.07) is 0. The second kappa shape index (κ2) is 4.87. The van der Waals surface area contributed by atoms with Gasteiger partial charge in [0.1, 0.15) is 6.61 Å². The van der Waals surface area contributed by atoms with Crippen LogP contribution in [0.5, 0.6) is 0 Å². The summed E-state index contributed by atoms with van der Waals surface area (Å²) in [7, 11) is 1.51. The maximum atomic E-state index is 12.0. The zero-order valence-corrected chi connectivity index (χ0v) is 10.1. The molecule has 0 spiro atoms. The van der Waals surface area contributed by atoms with Crippen LogP contribution in [0, 0.1) is 11.8 Å². The van der Waals surface area contributed by atoms with Crippen molar-refractivity contribution in [1.29, 1.82) is 0 Å². The molecule has 0 aromatic heterocycles. The number of methoxy groups -OCH3 is 1. The van der Waals surface area contributed by atoms with E-state index in [1.807, 2.05) is 4.90 Å². The zero-order chi connectivity index (χ0) is 12.4. The van der Waals surface area contributed by atoms with Crippen LogP contribution in [0.4, 0.5) is 0 Å². The molecule has 0 N–H and O–H groups in total. The summed E-state index contributed by atoms with van der Waals surface area (Å²) in [5.74, 6) is 0.395. The summed E-state index contributed by atoms with van der Waals surface area (Å²) in [4.78, 5) is 27.2. The molecule has 0 radical (unpaired) electrons. The van der Waals surface area contributed by atoms with Crippen LogP contribution in [0.1, 0.15) is 0 Å². The highest BCUT2D eigenvalue weighted by Gasteiger charge is 2.46. The molecule has 0 aromatic rings. The van der Waals surface area contributed by atoms with Gasteiger partial charge in [0.2, 0.25) is 11.8 Å². The molecule has 0 aromatic carbocycles. The Morgan fingerprint density at radius 3 is 2.88 bits per heavy atom. The number of carbonyl (C=O) groups is 2. The molecule has 94 valence electrons. The van der Waals surface area contributed by atoms with Gasteiger partial charge in [0, 0.05) is 39.2 Å². The summed E-state index contributed by atoms with van der Waals surface area (Å²) in [6.07, 6.45) is 1.74. The summed E-state index contributed by atoms with van der Waals surface area (Å²) in [5, 5.41) is 0. The van der Waals surface area contributed by atoms with Crippen LogP contribution < -0.4 is 0 Å². The van der Waals surface area contributed by atoms with Crippen LogP contribution in [-0.4, -0.2) is 61.5 Å². The highest BCUT2D eigenvalue weighted by molar-refractivity contribution is 5.85. The smallest absolute Gasteiger partial charge is 0.248 e. The van der Waals surface area contributed by atoms with Crippen LogP contribution in [0.15, 0.2) is 12.7 Å². The van der Waals surface area contributed by atoms with E-state index in [2.05, 4.69) is 6.58 Å². The largest absolute Gasteiger partial charge is 0.375 e. The molecule has 2 aliphatic rings. The average Bonchev–Trinajstić information content (AvgIpc) is 2.82. The predicted octanol–water partition coefficient (Wildman–Crippen LogP) is -0.264. The highest BCUT2D eigenvalue weighted by Crippen LogP contribution is 2.32. The average molecular weight is 238 g/mol. The van der Waals surface area contributed by atoms with E-state index in [1.165, 1.54) is 7.11 Å². The molecule has 2 aliphatic heterocycles. The van der Waals surface area contributed by atoms with Gasteiger partial charge in [0.05, 0.1) is 5.92 Å². The summed E-state index contributed by atoms with van der Waals surface area (Å²) in [6.45, 7) is 6.31. The third-order valence-electron chi connectivity index (χ3n) is 3.49. The van der Waals surface area contributed by atoms with Crippen LogP contribution in [0.25, 0.3) is 0 Å². The first-order valence-corrected chi connectivity index (χ1v) is 5.83. The number of rotatable bonds is 4. The van der Waals surface area contributed by atoms with Crippen molar-refractivity contribution >= 4 is 11.8 Å². The number of hydrogen-bond donors (Lipinski definition) is 0. The normalized spacial score (nSPS) is 27.5. The maximum absolute atomic E-state index is 12.0. The Kier molecular flexibility index (Phi) is 3.47. The predicted molar refractivity (Wildman–Crippen MR) is 62.2 cm³/mol. The summed E-state index contributed by atoms with van der Waals surface area (Å²) >= 11 is 0. The van der Waals surface area contributed by atoms with Gasteiger partial charge in [-0.05, 0) is 0 Å². The van der Waals surface area contributed by atoms with Crippen LogP contribution in [0.3, 0.4) is 0 Å². The van der Waals surface area contributed by atoms with Gasteiger partial charge in [-0.1, -0.05) is 6.08 Å². The molecule has 0 saturated carbocycles. The summed E-state index contributed by atoms with van der Waals surface area (Å²) < 4.78 is 4.82. The van der Waals surface area contributed by atoms with E-state index in [9.17, 15) is 9.59 Å². The minimum Gasteiger partial charge on any atom is -0.375 e. The molecule has 2 amide bonds. The fourth-order valence-corrected chi connectivity index (χ4v) is 2.68. The highest BCUT2D eigenvalue weighted by atomic mass is 16.5. The first kappa shape index (κ1) is 12.1. The first-order chi connectivity index (χ1) is 8.17. The van der Waals surface area contributed by atoms with Gasteiger partial charge in [-0.25, -0.2) is 0 Å². The molecule has 2 saturated heterocycles. The Hall–Kier alpha value is -1.36. The Morgan fingerprint density at radius 2 is 2.29 bits per heavy atom. The van der Waals surface area contributed by atoms with Crippen molar-refractivity contribution in [2.75, 3.05) is 39.9 Å². The monoisotopic (exact) mass is 238 g/mol. The number of fused-ring (bicyclic) bond motifs is 1. The van der Waals surface area contributed by atoms with Crippen molar-refractivity contribution < 1.29 is 14.3 Å². The SMILES string of the molecule is C=CCN1C[C@@H]2CN(C(=O)COC)C[C@@H]2C1=O. The number of hydrogen-bond acceptors (Lipinski definition) is 3. The number of ether oxygens (including phenoxy) is 1. The summed E-state index contributed by atoms with van der Waals surface area (Å²) in [5.41, 5.74) is 0. The quantitative estimate of drug-likeness (QED) is 0.634. The van der Waals surface area contributed by atoms with Crippen molar-refractivity contribution in [2.24, 2.45) is 11.8 Å². The molecule has 5 heteroatoms. The van der Waals surface area contributed by atoms with Gasteiger partial charge in [0.25, 0.3) is 0 Å². The standard InChI is InChI=1S/C12H18N2O3/c1-3-4-13-5-9-6-14(11(15)8-17-2)7-10(9)12(13)16/h3,9-10H,1,4-8H2,2H3/t9-,10+/m1/s1. The second-order valence-electron chi connectivity index (χ2n) is 4.63. The van der Waals surface area contributed by atoms with Crippen molar-refractivity contribution in [3.63, 3.8) is 0 Å². The van der Waals surface area contributed by atoms with Crippen molar-refractivity contribution in [3.05, 3.63) is 12.7 Å². The van der Waals surface area contributed by atoms with E-state index in [4.69, 9.17) is 4.74 Å². The fourth-order valence-electron chi connectivity index (χ4n) is 2.68. The minimum atomic E-state index is -0.0232. The van der Waals surface area contributed by atoms with Crippen molar-refractivity contribution in [2.45, 2.75) is 0 Å². The molecule has 5 nitrogen and oxygen atoms in total. The zero-order valence-electron chi connectivity index (χ0n) is 10.1. The lowest BCUT2D eigenvalue weighted by molar-refractivity contribution is -0.135. The lowest BCUT2D eigenvalue weighted by atomic mass is 10.0. The topological polar surface area (TPSA) is 49.9 Å². The molecular formula is C12H18N2O3. The minimum absolute atomic E-state index is 0.0178. The Bertz CT molecular complexity index is 343. The van der Waals surface area contributed by atoms with Gasteiger partial charge in [-0.15, -0.1) is 6.58 Å². The Labute approximate surface area is 101 Å². The number of carbonyl (C=O) groups excluding carboxylic acids is 2. The van der Waals surface area contributed by atoms with Gasteiger partial charge in [-0.3, -0.25) is 9.59 Å². The van der Waals surface area contributed by atoms with E-state index in [-0.39, 0.29) is 30.3 Å². The number of nitrogens with zero attached hydrogens (tertiary/aromatic N) is 2. The fraction of sp³-hybridized carbons (Fsp3) is 0.667. The first-order valence-electron chi connectivity index (χ1n) is 5.83. The molecule has 2 rings (SSSR count). The van der Waals surface area contributed by atoms with Crippen LogP contribution in [0.2, 0.25) is 0 Å². The van der Waals surface area contributed by atoms with E-state index in [0.717, 1.165) is 6.54 Å². The number of likely N-dealkylation sites (tertiary alicyclic amines) is 2. The number of amides is 2. The van der Waals surface area contributed by atoms with E-state index in [1.54, 1.807) is 11.0 Å². The molecule has 0 unspecified atom stereocenters. The molecule has 0 aliphatic carbocycles. The van der Waals surface area contributed by atoms with Gasteiger partial charge in [0.15, 0.2) is 0 Å². The molecule has 0 bridgehead atoms. The lowest BCUT2D eigenvalue weighted by Gasteiger charge is -2.20. The Morgan fingerprint density at radius 1 is 1.53 bits per heavy atom. The van der Waals surface area contributed by atoms with E-state index in [0.29, 0.717) is 19.6 Å². The van der Waals surface area contributed by atoms with Crippen LogP contribution >= 0.6 is 0 Å². The lowest BCUT2D eigenvalue weighted by Crippen LogP contribution is -2.37.